The molecule has 0 bridgehead atoms. The van der Waals surface area contributed by atoms with Gasteiger partial charge < -0.3 is 9.73 Å². The maximum Gasteiger partial charge on any atom is 0.297 e. The molecule has 2 heterocycles. The highest BCUT2D eigenvalue weighted by Gasteiger charge is 2.20. The van der Waals surface area contributed by atoms with E-state index in [9.17, 15) is 8.42 Å². The summed E-state index contributed by atoms with van der Waals surface area (Å²) in [7, 11) is -3.73. The molecule has 0 aliphatic heterocycles. The zero-order valence-electron chi connectivity index (χ0n) is 12.2. The highest BCUT2D eigenvalue weighted by Crippen LogP contribution is 2.24. The molecule has 0 fully saturated rings. The minimum absolute atomic E-state index is 0.100. The Morgan fingerprint density at radius 3 is 2.76 bits per heavy atom. The van der Waals surface area contributed by atoms with E-state index in [1.54, 1.807) is 6.07 Å². The number of rotatable bonds is 7. The third-order valence-electron chi connectivity index (χ3n) is 2.79. The van der Waals surface area contributed by atoms with Crippen molar-refractivity contribution in [1.29, 1.82) is 0 Å². The number of sulfonamides is 1. The van der Waals surface area contributed by atoms with Gasteiger partial charge in [0.15, 0.2) is 5.13 Å². The molecule has 0 aromatic carbocycles. The highest BCUT2D eigenvalue weighted by molar-refractivity contribution is 7.92. The lowest BCUT2D eigenvalue weighted by molar-refractivity contribution is 0.405. The molecule has 2 aromatic heterocycles. The summed E-state index contributed by atoms with van der Waals surface area (Å²) in [5.41, 5.74) is 0.866. The molecule has 0 saturated carbocycles. The van der Waals surface area contributed by atoms with Crippen LogP contribution in [0.5, 0.6) is 0 Å². The summed E-state index contributed by atoms with van der Waals surface area (Å²) in [6.45, 7) is 7.27. The fourth-order valence-electron chi connectivity index (χ4n) is 1.61. The Morgan fingerprint density at radius 1 is 1.38 bits per heavy atom. The largest absolute Gasteiger partial charge is 0.446 e. The van der Waals surface area contributed by atoms with Crippen molar-refractivity contribution in [3.8, 4) is 0 Å². The molecule has 2 rings (SSSR count). The number of furan rings is 1. The number of thiazole rings is 1. The van der Waals surface area contributed by atoms with Gasteiger partial charge in [0.05, 0.1) is 12.2 Å². The van der Waals surface area contributed by atoms with E-state index in [2.05, 4.69) is 15.0 Å². The number of aromatic nitrogens is 1. The lowest BCUT2D eigenvalue weighted by Gasteiger charge is -2.02. The quantitative estimate of drug-likeness (QED) is 0.816. The topological polar surface area (TPSA) is 84.2 Å². The van der Waals surface area contributed by atoms with Crippen molar-refractivity contribution < 1.29 is 12.8 Å². The van der Waals surface area contributed by atoms with E-state index in [4.69, 9.17) is 4.42 Å². The fourth-order valence-corrected chi connectivity index (χ4v) is 3.69. The number of hydrogen-bond donors (Lipinski definition) is 2. The van der Waals surface area contributed by atoms with E-state index in [0.29, 0.717) is 17.4 Å². The lowest BCUT2D eigenvalue weighted by atomic mass is 10.2. The summed E-state index contributed by atoms with van der Waals surface area (Å²) in [5, 5.41) is 5.17. The van der Waals surface area contributed by atoms with Crippen LogP contribution >= 0.6 is 11.3 Å². The molecule has 116 valence electrons. The summed E-state index contributed by atoms with van der Waals surface area (Å²) in [6.07, 6.45) is 0. The van der Waals surface area contributed by atoms with Gasteiger partial charge in [-0.2, -0.15) is 8.42 Å². The average Bonchev–Trinajstić information content (AvgIpc) is 3.04. The minimum atomic E-state index is -3.73. The predicted molar refractivity (Wildman–Crippen MR) is 83.1 cm³/mol. The van der Waals surface area contributed by atoms with Crippen molar-refractivity contribution in [2.45, 2.75) is 38.3 Å². The van der Waals surface area contributed by atoms with Crippen LogP contribution in [0, 0.1) is 0 Å². The third kappa shape index (κ3) is 4.05. The standard InChI is InChI=1S/C13H19N3O3S2/c1-4-14-7-10-5-6-12(19-10)21(17,18)16-13-15-11(8-20-13)9(2)3/h5-6,8-9,14H,4,7H2,1-3H3,(H,15,16). The van der Waals surface area contributed by atoms with Gasteiger partial charge in [-0.3, -0.25) is 4.72 Å². The van der Waals surface area contributed by atoms with Crippen LogP contribution in [0.15, 0.2) is 27.0 Å². The molecule has 0 spiro atoms. The average molecular weight is 329 g/mol. The molecular weight excluding hydrogens is 310 g/mol. The first-order valence-corrected chi connectivity index (χ1v) is 9.06. The molecule has 2 N–H and O–H groups in total. The van der Waals surface area contributed by atoms with Crippen LogP contribution in [-0.2, 0) is 16.6 Å². The Bertz CT molecular complexity index is 689. The summed E-state index contributed by atoms with van der Waals surface area (Å²) in [6, 6.07) is 3.10. The van der Waals surface area contributed by atoms with E-state index in [-0.39, 0.29) is 11.0 Å². The van der Waals surface area contributed by atoms with Gasteiger partial charge in [0.2, 0.25) is 5.09 Å². The van der Waals surface area contributed by atoms with Crippen LogP contribution in [0.4, 0.5) is 5.13 Å². The van der Waals surface area contributed by atoms with E-state index in [0.717, 1.165) is 12.2 Å². The van der Waals surface area contributed by atoms with Crippen LogP contribution in [0.2, 0.25) is 0 Å². The summed E-state index contributed by atoms with van der Waals surface area (Å²) in [5.74, 6) is 0.842. The Kier molecular flexibility index (Phi) is 5.02. The Balaban J connectivity index is 2.11. The van der Waals surface area contributed by atoms with Gasteiger partial charge in [0.25, 0.3) is 10.0 Å². The molecule has 8 heteroatoms. The van der Waals surface area contributed by atoms with Gasteiger partial charge in [0.1, 0.15) is 5.76 Å². The molecule has 0 saturated heterocycles. The van der Waals surface area contributed by atoms with Crippen LogP contribution < -0.4 is 10.0 Å². The van der Waals surface area contributed by atoms with Gasteiger partial charge in [-0.1, -0.05) is 20.8 Å². The van der Waals surface area contributed by atoms with Crippen LogP contribution in [0.1, 0.15) is 38.1 Å². The van der Waals surface area contributed by atoms with E-state index < -0.39 is 10.0 Å². The Labute approximate surface area is 128 Å². The van der Waals surface area contributed by atoms with Crippen molar-refractivity contribution in [3.05, 3.63) is 29.0 Å². The zero-order chi connectivity index (χ0) is 15.5. The third-order valence-corrected chi connectivity index (χ3v) is 4.90. The first kappa shape index (κ1) is 16.0. The van der Waals surface area contributed by atoms with E-state index in [1.165, 1.54) is 17.4 Å². The van der Waals surface area contributed by atoms with E-state index in [1.807, 2.05) is 26.2 Å². The predicted octanol–water partition coefficient (Wildman–Crippen LogP) is 2.77. The van der Waals surface area contributed by atoms with Crippen molar-refractivity contribution in [3.63, 3.8) is 0 Å². The molecule has 0 aliphatic carbocycles. The van der Waals surface area contributed by atoms with Gasteiger partial charge in [-0.05, 0) is 24.6 Å². The van der Waals surface area contributed by atoms with Gasteiger partial charge in [0, 0.05) is 5.38 Å². The van der Waals surface area contributed by atoms with Crippen molar-refractivity contribution >= 4 is 26.5 Å². The molecule has 6 nitrogen and oxygen atoms in total. The van der Waals surface area contributed by atoms with Crippen molar-refractivity contribution in [2.75, 3.05) is 11.3 Å². The summed E-state index contributed by atoms with van der Waals surface area (Å²) >= 11 is 1.26. The smallest absolute Gasteiger partial charge is 0.297 e. The molecule has 0 amide bonds. The second kappa shape index (κ2) is 6.59. The summed E-state index contributed by atoms with van der Waals surface area (Å²) in [4.78, 5) is 4.25. The molecule has 0 unspecified atom stereocenters. The molecule has 21 heavy (non-hydrogen) atoms. The van der Waals surface area contributed by atoms with Crippen molar-refractivity contribution in [2.24, 2.45) is 0 Å². The summed E-state index contributed by atoms with van der Waals surface area (Å²) < 4.78 is 32.2. The molecule has 0 atom stereocenters. The first-order chi connectivity index (χ1) is 9.92. The number of hydrogen-bond acceptors (Lipinski definition) is 6. The van der Waals surface area contributed by atoms with Crippen LogP contribution in [-0.4, -0.2) is 19.9 Å². The Morgan fingerprint density at radius 2 is 2.14 bits per heavy atom. The number of nitrogens with one attached hydrogen (secondary N) is 2. The minimum Gasteiger partial charge on any atom is -0.446 e. The monoisotopic (exact) mass is 329 g/mol. The molecule has 0 radical (unpaired) electrons. The molecule has 2 aromatic rings. The zero-order valence-corrected chi connectivity index (χ0v) is 13.8. The molecular formula is C13H19N3O3S2. The maximum absolute atomic E-state index is 12.2. The second-order valence-corrected chi connectivity index (χ2v) is 7.31. The van der Waals surface area contributed by atoms with Gasteiger partial charge in [-0.25, -0.2) is 4.98 Å². The van der Waals surface area contributed by atoms with Gasteiger partial charge >= 0.3 is 0 Å². The van der Waals surface area contributed by atoms with Crippen LogP contribution in [0.25, 0.3) is 0 Å². The lowest BCUT2D eigenvalue weighted by Crippen LogP contribution is -2.13. The van der Waals surface area contributed by atoms with Gasteiger partial charge in [-0.15, -0.1) is 11.3 Å². The SMILES string of the molecule is CCNCc1ccc(S(=O)(=O)Nc2nc(C(C)C)cs2)o1. The number of nitrogens with zero attached hydrogens (tertiary/aromatic N) is 1. The van der Waals surface area contributed by atoms with Crippen molar-refractivity contribution in [1.82, 2.24) is 10.3 Å². The fraction of sp³-hybridized carbons (Fsp3) is 0.462. The second-order valence-electron chi connectivity index (χ2n) is 4.84. The Hall–Kier alpha value is -1.38. The normalized spacial score (nSPS) is 12.0. The first-order valence-electron chi connectivity index (χ1n) is 6.70. The number of anilines is 1. The molecule has 0 aliphatic rings. The van der Waals surface area contributed by atoms with E-state index >= 15 is 0 Å². The maximum atomic E-state index is 12.2. The van der Waals surface area contributed by atoms with Crippen LogP contribution in [0.3, 0.4) is 0 Å². The highest BCUT2D eigenvalue weighted by atomic mass is 32.2.